The zero-order chi connectivity index (χ0) is 20.8. The minimum absolute atomic E-state index is 0.0516. The first-order chi connectivity index (χ1) is 14.7. The topological polar surface area (TPSA) is 35.6 Å². The van der Waals surface area contributed by atoms with Crippen molar-refractivity contribution in [1.82, 2.24) is 15.1 Å². The fourth-order valence-electron chi connectivity index (χ4n) is 4.58. The van der Waals surface area contributed by atoms with Crippen LogP contribution in [0.25, 0.3) is 0 Å². The maximum Gasteiger partial charge on any atom is 0.224 e. The summed E-state index contributed by atoms with van der Waals surface area (Å²) in [5.74, 6) is 0.218. The molecule has 2 aromatic rings. The van der Waals surface area contributed by atoms with E-state index in [4.69, 9.17) is 11.6 Å². The van der Waals surface area contributed by atoms with Crippen LogP contribution in [0.2, 0.25) is 5.02 Å². The second-order valence-corrected chi connectivity index (χ2v) is 9.09. The standard InChI is InChI=1S/C25H32ClN3O/c26-24-8-2-1-6-22(24)18-29-15-5-7-23(19-29)25(30)27-16-20-9-11-21(12-10-20)17-28-13-3-4-14-28/h1-2,6,8-12,23H,3-5,7,13-19H2,(H,27,30). The van der Waals surface area contributed by atoms with E-state index in [0.717, 1.165) is 55.2 Å². The molecule has 4 rings (SSSR count). The predicted molar refractivity (Wildman–Crippen MR) is 122 cm³/mol. The fraction of sp³-hybridized carbons (Fsp3) is 0.480. The molecular weight excluding hydrogens is 394 g/mol. The monoisotopic (exact) mass is 425 g/mol. The third-order valence-electron chi connectivity index (χ3n) is 6.32. The molecule has 2 aromatic carbocycles. The van der Waals surface area contributed by atoms with E-state index in [0.29, 0.717) is 6.54 Å². The Bertz CT molecular complexity index is 833. The average molecular weight is 426 g/mol. The molecule has 1 atom stereocenters. The first kappa shape index (κ1) is 21.4. The van der Waals surface area contributed by atoms with Gasteiger partial charge in [0.2, 0.25) is 5.91 Å². The van der Waals surface area contributed by atoms with Gasteiger partial charge in [-0.15, -0.1) is 0 Å². The molecule has 0 radical (unpaired) electrons. The molecule has 0 saturated carbocycles. The highest BCUT2D eigenvalue weighted by atomic mass is 35.5. The first-order valence-corrected chi connectivity index (χ1v) is 11.6. The summed E-state index contributed by atoms with van der Waals surface area (Å²) < 4.78 is 0. The Labute approximate surface area is 185 Å². The molecule has 0 spiro atoms. The lowest BCUT2D eigenvalue weighted by Gasteiger charge is -2.32. The number of nitrogens with one attached hydrogen (secondary N) is 1. The van der Waals surface area contributed by atoms with Gasteiger partial charge in [-0.3, -0.25) is 14.6 Å². The molecular formula is C25H32ClN3O. The quantitative estimate of drug-likeness (QED) is 0.711. The van der Waals surface area contributed by atoms with E-state index in [1.54, 1.807) is 0 Å². The van der Waals surface area contributed by atoms with Crippen LogP contribution in [0.3, 0.4) is 0 Å². The van der Waals surface area contributed by atoms with E-state index in [2.05, 4.69) is 45.4 Å². The highest BCUT2D eigenvalue weighted by Crippen LogP contribution is 2.22. The molecule has 0 aromatic heterocycles. The molecule has 1 N–H and O–H groups in total. The molecule has 2 fully saturated rings. The highest BCUT2D eigenvalue weighted by molar-refractivity contribution is 6.31. The van der Waals surface area contributed by atoms with Gasteiger partial charge in [0.25, 0.3) is 0 Å². The Kier molecular flexibility index (Phi) is 7.42. The molecule has 1 amide bonds. The molecule has 2 heterocycles. The van der Waals surface area contributed by atoms with Crippen molar-refractivity contribution in [2.24, 2.45) is 5.92 Å². The third kappa shape index (κ3) is 5.84. The van der Waals surface area contributed by atoms with Crippen LogP contribution < -0.4 is 5.32 Å². The fourth-order valence-corrected chi connectivity index (χ4v) is 4.77. The van der Waals surface area contributed by atoms with E-state index >= 15 is 0 Å². The molecule has 160 valence electrons. The van der Waals surface area contributed by atoms with Crippen molar-refractivity contribution in [1.29, 1.82) is 0 Å². The molecule has 2 saturated heterocycles. The summed E-state index contributed by atoms with van der Waals surface area (Å²) >= 11 is 6.31. The smallest absolute Gasteiger partial charge is 0.224 e. The second kappa shape index (κ2) is 10.4. The number of hydrogen-bond acceptors (Lipinski definition) is 3. The van der Waals surface area contributed by atoms with Crippen LogP contribution >= 0.6 is 11.6 Å². The van der Waals surface area contributed by atoms with Crippen molar-refractivity contribution in [2.45, 2.75) is 45.3 Å². The zero-order valence-corrected chi connectivity index (χ0v) is 18.4. The number of likely N-dealkylation sites (tertiary alicyclic amines) is 2. The average Bonchev–Trinajstić information content (AvgIpc) is 3.28. The predicted octanol–water partition coefficient (Wildman–Crippen LogP) is 4.46. The molecule has 2 aliphatic heterocycles. The summed E-state index contributed by atoms with van der Waals surface area (Å²) in [7, 11) is 0. The highest BCUT2D eigenvalue weighted by Gasteiger charge is 2.26. The number of halogens is 1. The Morgan fingerprint density at radius 1 is 0.900 bits per heavy atom. The Morgan fingerprint density at radius 2 is 1.60 bits per heavy atom. The van der Waals surface area contributed by atoms with Crippen molar-refractivity contribution < 1.29 is 4.79 Å². The molecule has 30 heavy (non-hydrogen) atoms. The minimum Gasteiger partial charge on any atom is -0.352 e. The summed E-state index contributed by atoms with van der Waals surface area (Å²) in [5.41, 5.74) is 3.65. The maximum absolute atomic E-state index is 12.8. The molecule has 5 heteroatoms. The Balaban J connectivity index is 1.24. The number of hydrogen-bond donors (Lipinski definition) is 1. The summed E-state index contributed by atoms with van der Waals surface area (Å²) in [5, 5.41) is 3.96. The maximum atomic E-state index is 12.8. The van der Waals surface area contributed by atoms with E-state index < -0.39 is 0 Å². The summed E-state index contributed by atoms with van der Waals surface area (Å²) in [4.78, 5) is 17.6. The van der Waals surface area contributed by atoms with Crippen LogP contribution in [0.4, 0.5) is 0 Å². The molecule has 0 bridgehead atoms. The summed E-state index contributed by atoms with van der Waals surface area (Å²) in [6.45, 7) is 6.69. The third-order valence-corrected chi connectivity index (χ3v) is 6.69. The van der Waals surface area contributed by atoms with Gasteiger partial charge in [0.1, 0.15) is 0 Å². The Hall–Kier alpha value is -1.88. The number of nitrogens with zero attached hydrogens (tertiary/aromatic N) is 2. The second-order valence-electron chi connectivity index (χ2n) is 8.68. The minimum atomic E-state index is 0.0516. The first-order valence-electron chi connectivity index (χ1n) is 11.2. The summed E-state index contributed by atoms with van der Waals surface area (Å²) in [6.07, 6.45) is 4.65. The molecule has 2 aliphatic rings. The van der Waals surface area contributed by atoms with Gasteiger partial charge in [0.05, 0.1) is 5.92 Å². The number of benzene rings is 2. The lowest BCUT2D eigenvalue weighted by molar-refractivity contribution is -0.126. The van der Waals surface area contributed by atoms with Crippen molar-refractivity contribution >= 4 is 17.5 Å². The number of carbonyl (C=O) groups is 1. The van der Waals surface area contributed by atoms with Crippen molar-refractivity contribution in [3.05, 3.63) is 70.2 Å². The number of amides is 1. The SMILES string of the molecule is O=C(NCc1ccc(CN2CCCC2)cc1)C1CCCN(Cc2ccccc2Cl)C1. The van der Waals surface area contributed by atoms with Gasteiger partial charge >= 0.3 is 0 Å². The molecule has 0 aliphatic carbocycles. The van der Waals surface area contributed by atoms with Crippen LogP contribution in [0.5, 0.6) is 0 Å². The normalized spacial score (nSPS) is 20.4. The summed E-state index contributed by atoms with van der Waals surface area (Å²) in [6, 6.07) is 16.7. The van der Waals surface area contributed by atoms with Crippen molar-refractivity contribution in [3.63, 3.8) is 0 Å². The van der Waals surface area contributed by atoms with E-state index in [9.17, 15) is 4.79 Å². The Morgan fingerprint density at radius 3 is 2.37 bits per heavy atom. The van der Waals surface area contributed by atoms with Crippen LogP contribution in [-0.2, 0) is 24.4 Å². The van der Waals surface area contributed by atoms with Gasteiger partial charge in [-0.25, -0.2) is 0 Å². The number of piperidine rings is 1. The largest absolute Gasteiger partial charge is 0.352 e. The van der Waals surface area contributed by atoms with Crippen LogP contribution in [0.1, 0.15) is 42.4 Å². The van der Waals surface area contributed by atoms with Gasteiger partial charge in [0.15, 0.2) is 0 Å². The van der Waals surface area contributed by atoms with Crippen molar-refractivity contribution in [3.8, 4) is 0 Å². The van der Waals surface area contributed by atoms with Gasteiger partial charge in [-0.2, -0.15) is 0 Å². The molecule has 4 nitrogen and oxygen atoms in total. The van der Waals surface area contributed by atoms with Crippen LogP contribution in [0.15, 0.2) is 48.5 Å². The van der Waals surface area contributed by atoms with Gasteiger partial charge in [-0.1, -0.05) is 54.1 Å². The van der Waals surface area contributed by atoms with E-state index in [1.807, 2.05) is 18.2 Å². The number of carbonyl (C=O) groups excluding carboxylic acids is 1. The van der Waals surface area contributed by atoms with Crippen molar-refractivity contribution in [2.75, 3.05) is 26.2 Å². The molecule has 1 unspecified atom stereocenters. The van der Waals surface area contributed by atoms with Gasteiger partial charge < -0.3 is 5.32 Å². The van der Waals surface area contributed by atoms with E-state index in [1.165, 1.54) is 31.5 Å². The van der Waals surface area contributed by atoms with Gasteiger partial charge in [-0.05, 0) is 68.1 Å². The lowest BCUT2D eigenvalue weighted by Crippen LogP contribution is -2.42. The van der Waals surface area contributed by atoms with Crippen LogP contribution in [-0.4, -0.2) is 41.9 Å². The number of rotatable bonds is 7. The van der Waals surface area contributed by atoms with E-state index in [-0.39, 0.29) is 11.8 Å². The van der Waals surface area contributed by atoms with Gasteiger partial charge in [0, 0.05) is 31.2 Å². The zero-order valence-electron chi connectivity index (χ0n) is 17.7. The lowest BCUT2D eigenvalue weighted by atomic mass is 9.96. The van der Waals surface area contributed by atoms with Crippen LogP contribution in [0, 0.1) is 5.92 Å².